The van der Waals surface area contributed by atoms with Gasteiger partial charge >= 0.3 is 0 Å². The second-order valence-electron chi connectivity index (χ2n) is 6.08. The molecule has 5 nitrogen and oxygen atoms in total. The molecule has 0 saturated carbocycles. The number of hydrogen-bond acceptors (Lipinski definition) is 4. The molecule has 0 aliphatic rings. The van der Waals surface area contributed by atoms with Crippen molar-refractivity contribution in [1.82, 2.24) is 4.98 Å². The average molecular weight is 351 g/mol. The van der Waals surface area contributed by atoms with Crippen LogP contribution in [0.3, 0.4) is 0 Å². The van der Waals surface area contributed by atoms with Crippen LogP contribution in [-0.2, 0) is 0 Å². The molecule has 3 rings (SSSR count). The molecule has 26 heavy (non-hydrogen) atoms. The lowest BCUT2D eigenvalue weighted by Gasteiger charge is -2.10. The molecule has 134 valence electrons. The minimum absolute atomic E-state index is 0.00848. The van der Waals surface area contributed by atoms with E-state index in [9.17, 15) is 15.0 Å². The average Bonchev–Trinajstić information content (AvgIpc) is 2.67. The van der Waals surface area contributed by atoms with Crippen LogP contribution in [0.1, 0.15) is 25.0 Å². The summed E-state index contributed by atoms with van der Waals surface area (Å²) in [5.41, 5.74) is 3.54. The van der Waals surface area contributed by atoms with Crippen molar-refractivity contribution in [3.05, 3.63) is 70.5 Å². The number of H-pyrrole nitrogens is 1. The van der Waals surface area contributed by atoms with Crippen LogP contribution in [0.5, 0.6) is 11.5 Å². The van der Waals surface area contributed by atoms with E-state index in [0.29, 0.717) is 23.4 Å². The Morgan fingerprint density at radius 2 is 1.69 bits per heavy atom. The summed E-state index contributed by atoms with van der Waals surface area (Å²) in [5, 5.41) is 19.9. The smallest absolute Gasteiger partial charge is 0.249 e. The first-order valence-corrected chi connectivity index (χ1v) is 8.42. The van der Waals surface area contributed by atoms with Gasteiger partial charge in [0.2, 0.25) is 5.56 Å². The van der Waals surface area contributed by atoms with Crippen molar-refractivity contribution < 1.29 is 14.9 Å². The van der Waals surface area contributed by atoms with Crippen molar-refractivity contribution in [3.63, 3.8) is 0 Å². The van der Waals surface area contributed by atoms with Gasteiger partial charge in [0, 0.05) is 17.3 Å². The van der Waals surface area contributed by atoms with Gasteiger partial charge in [0.1, 0.15) is 0 Å². The quantitative estimate of drug-likeness (QED) is 0.652. The number of rotatable bonds is 5. The number of aromatic amines is 1. The molecule has 3 N–H and O–H groups in total. The number of phenols is 1. The van der Waals surface area contributed by atoms with Gasteiger partial charge in [-0.25, -0.2) is 0 Å². The van der Waals surface area contributed by atoms with Crippen LogP contribution in [0.4, 0.5) is 0 Å². The SMILES string of the molecule is CCC(O)c1ccc(-c2cc(-c3ccc(OC)c(O)c3)[nH]c(=O)c2)cc1. The molecule has 0 aliphatic carbocycles. The van der Waals surface area contributed by atoms with E-state index in [1.807, 2.05) is 37.3 Å². The second-order valence-corrected chi connectivity index (χ2v) is 6.08. The standard InChI is InChI=1S/C21H21NO4/c1-3-18(23)14-6-4-13(5-7-14)16-10-17(22-21(25)12-16)15-8-9-20(26-2)19(24)11-15/h4-12,18,23-24H,3H2,1-2H3,(H,22,25). The van der Waals surface area contributed by atoms with Crippen molar-refractivity contribution in [2.45, 2.75) is 19.4 Å². The normalized spacial score (nSPS) is 12.0. The number of phenolic OH excluding ortho intramolecular Hbond substituents is 1. The number of pyridine rings is 1. The van der Waals surface area contributed by atoms with E-state index in [1.165, 1.54) is 13.2 Å². The Labute approximate surface area is 151 Å². The highest BCUT2D eigenvalue weighted by molar-refractivity contribution is 5.71. The van der Waals surface area contributed by atoms with Gasteiger partial charge in [-0.15, -0.1) is 0 Å². The molecule has 1 heterocycles. The first-order chi connectivity index (χ1) is 12.5. The topological polar surface area (TPSA) is 82.5 Å². The molecule has 0 bridgehead atoms. The summed E-state index contributed by atoms with van der Waals surface area (Å²) in [6, 6.07) is 15.9. The molecule has 0 saturated heterocycles. The monoisotopic (exact) mass is 351 g/mol. The second kappa shape index (κ2) is 7.45. The summed E-state index contributed by atoms with van der Waals surface area (Å²) in [4.78, 5) is 14.9. The van der Waals surface area contributed by atoms with Crippen molar-refractivity contribution in [3.8, 4) is 33.9 Å². The molecular weight excluding hydrogens is 330 g/mol. The van der Waals surface area contributed by atoms with E-state index >= 15 is 0 Å². The highest BCUT2D eigenvalue weighted by atomic mass is 16.5. The molecule has 3 aromatic rings. The third-order valence-corrected chi connectivity index (χ3v) is 4.35. The molecule has 0 aliphatic heterocycles. The number of ether oxygens (including phenoxy) is 1. The maximum absolute atomic E-state index is 12.1. The maximum Gasteiger partial charge on any atom is 0.249 e. The largest absolute Gasteiger partial charge is 0.504 e. The zero-order valence-electron chi connectivity index (χ0n) is 14.7. The summed E-state index contributed by atoms with van der Waals surface area (Å²) in [6.07, 6.45) is 0.163. The van der Waals surface area contributed by atoms with Gasteiger partial charge in [-0.1, -0.05) is 31.2 Å². The summed E-state index contributed by atoms with van der Waals surface area (Å²) in [6.45, 7) is 1.92. The molecule has 2 aromatic carbocycles. The van der Waals surface area contributed by atoms with Crippen LogP contribution in [0.15, 0.2) is 59.4 Å². The van der Waals surface area contributed by atoms with E-state index in [4.69, 9.17) is 4.74 Å². The Bertz CT molecular complexity index is 960. The minimum Gasteiger partial charge on any atom is -0.504 e. The zero-order valence-corrected chi connectivity index (χ0v) is 14.7. The van der Waals surface area contributed by atoms with Crippen molar-refractivity contribution in [2.24, 2.45) is 0 Å². The zero-order chi connectivity index (χ0) is 18.7. The van der Waals surface area contributed by atoms with Crippen molar-refractivity contribution in [2.75, 3.05) is 7.11 Å². The lowest BCUT2D eigenvalue weighted by Crippen LogP contribution is -2.06. The van der Waals surface area contributed by atoms with Crippen molar-refractivity contribution in [1.29, 1.82) is 0 Å². The van der Waals surface area contributed by atoms with Gasteiger partial charge in [0.15, 0.2) is 11.5 Å². The third kappa shape index (κ3) is 3.63. The van der Waals surface area contributed by atoms with E-state index < -0.39 is 6.10 Å². The Morgan fingerprint density at radius 3 is 2.31 bits per heavy atom. The number of aromatic nitrogens is 1. The van der Waals surface area contributed by atoms with Crippen molar-refractivity contribution >= 4 is 0 Å². The van der Waals surface area contributed by atoms with Crippen LogP contribution in [-0.4, -0.2) is 22.3 Å². The maximum atomic E-state index is 12.1. The highest BCUT2D eigenvalue weighted by Crippen LogP contribution is 2.31. The molecule has 0 fully saturated rings. The predicted octanol–water partition coefficient (Wildman–Crippen LogP) is 3.87. The molecule has 0 amide bonds. The fraction of sp³-hybridized carbons (Fsp3) is 0.190. The fourth-order valence-electron chi connectivity index (χ4n) is 2.86. The molecule has 1 unspecified atom stereocenters. The number of methoxy groups -OCH3 is 1. The number of aromatic hydroxyl groups is 1. The molecule has 0 radical (unpaired) electrons. The predicted molar refractivity (Wildman–Crippen MR) is 101 cm³/mol. The first-order valence-electron chi connectivity index (χ1n) is 8.42. The van der Waals surface area contributed by atoms with E-state index in [-0.39, 0.29) is 11.3 Å². The van der Waals surface area contributed by atoms with Crippen LogP contribution in [0.25, 0.3) is 22.4 Å². The minimum atomic E-state index is -0.485. The van der Waals surface area contributed by atoms with Gasteiger partial charge < -0.3 is 19.9 Å². The summed E-state index contributed by atoms with van der Waals surface area (Å²) >= 11 is 0. The Kier molecular flexibility index (Phi) is 5.09. The Morgan fingerprint density at radius 1 is 1.00 bits per heavy atom. The van der Waals surface area contributed by atoms with Gasteiger partial charge in [0.25, 0.3) is 0 Å². The molecular formula is C21H21NO4. The molecule has 1 atom stereocenters. The lowest BCUT2D eigenvalue weighted by molar-refractivity contribution is 0.173. The first kappa shape index (κ1) is 17.8. The number of benzene rings is 2. The van der Waals surface area contributed by atoms with E-state index in [0.717, 1.165) is 16.7 Å². The Hall–Kier alpha value is -3.05. The number of nitrogens with one attached hydrogen (secondary N) is 1. The third-order valence-electron chi connectivity index (χ3n) is 4.35. The Balaban J connectivity index is 2.00. The number of aliphatic hydroxyl groups excluding tert-OH is 1. The van der Waals surface area contributed by atoms with Crippen LogP contribution < -0.4 is 10.3 Å². The highest BCUT2D eigenvalue weighted by Gasteiger charge is 2.09. The number of hydrogen-bond donors (Lipinski definition) is 3. The van der Waals surface area contributed by atoms with E-state index in [1.54, 1.807) is 18.2 Å². The van der Waals surface area contributed by atoms with Gasteiger partial charge in [-0.3, -0.25) is 4.79 Å². The van der Waals surface area contributed by atoms with Crippen LogP contribution >= 0.6 is 0 Å². The number of aliphatic hydroxyl groups is 1. The summed E-state index contributed by atoms with van der Waals surface area (Å²) < 4.78 is 5.05. The van der Waals surface area contributed by atoms with Crippen LogP contribution in [0, 0.1) is 0 Å². The van der Waals surface area contributed by atoms with E-state index in [2.05, 4.69) is 4.98 Å². The molecule has 5 heteroatoms. The van der Waals surface area contributed by atoms with Gasteiger partial charge in [0.05, 0.1) is 13.2 Å². The fourth-order valence-corrected chi connectivity index (χ4v) is 2.86. The molecule has 0 spiro atoms. The lowest BCUT2D eigenvalue weighted by atomic mass is 10.00. The summed E-state index contributed by atoms with van der Waals surface area (Å²) in [5.74, 6) is 0.381. The van der Waals surface area contributed by atoms with Gasteiger partial charge in [-0.05, 0) is 47.4 Å². The van der Waals surface area contributed by atoms with Gasteiger partial charge in [-0.2, -0.15) is 0 Å². The summed E-state index contributed by atoms with van der Waals surface area (Å²) in [7, 11) is 1.48. The molecule has 1 aromatic heterocycles. The van der Waals surface area contributed by atoms with Crippen LogP contribution in [0.2, 0.25) is 0 Å².